The molecule has 0 saturated heterocycles. The summed E-state index contributed by atoms with van der Waals surface area (Å²) in [5, 5.41) is 12.0. The SMILES string of the molecule is O=C(CCCc1ccc2[nH]c(=O)[nH]c2c1)NC1CCC(C(=O)O)CC1. The van der Waals surface area contributed by atoms with Crippen LogP contribution in [0.25, 0.3) is 11.0 Å². The standard InChI is InChI=1S/C18H23N3O4/c22-16(19-13-7-5-12(6-8-13)17(23)24)3-1-2-11-4-9-14-15(10-11)21-18(25)20-14/h4,9-10,12-13H,1-3,5-8H2,(H,19,22)(H,23,24)(H2,20,21,25). The zero-order valence-corrected chi connectivity index (χ0v) is 14.0. The number of hydrogen-bond acceptors (Lipinski definition) is 3. The highest BCUT2D eigenvalue weighted by Crippen LogP contribution is 2.24. The van der Waals surface area contributed by atoms with Gasteiger partial charge in [-0.3, -0.25) is 9.59 Å². The molecular weight excluding hydrogens is 322 g/mol. The molecule has 0 atom stereocenters. The van der Waals surface area contributed by atoms with Gasteiger partial charge in [-0.1, -0.05) is 6.07 Å². The molecule has 0 spiro atoms. The molecular formula is C18H23N3O4. The van der Waals surface area contributed by atoms with Crippen molar-refractivity contribution in [2.45, 2.75) is 51.0 Å². The number of aromatic nitrogens is 2. The minimum atomic E-state index is -0.731. The Morgan fingerprint density at radius 2 is 1.84 bits per heavy atom. The van der Waals surface area contributed by atoms with Gasteiger partial charge in [-0.2, -0.15) is 0 Å². The van der Waals surface area contributed by atoms with E-state index in [1.807, 2.05) is 18.2 Å². The Bertz CT molecular complexity index is 815. The number of aromatic amines is 2. The third-order valence-corrected chi connectivity index (χ3v) is 4.89. The molecule has 0 unspecified atom stereocenters. The predicted molar refractivity (Wildman–Crippen MR) is 93.4 cm³/mol. The lowest BCUT2D eigenvalue weighted by molar-refractivity contribution is -0.142. The maximum absolute atomic E-state index is 12.1. The fraction of sp³-hybridized carbons (Fsp3) is 0.500. The second kappa shape index (κ2) is 7.55. The van der Waals surface area contributed by atoms with E-state index in [0.717, 1.165) is 42.3 Å². The molecule has 134 valence electrons. The number of hydrogen-bond donors (Lipinski definition) is 4. The summed E-state index contributed by atoms with van der Waals surface area (Å²) >= 11 is 0. The number of amides is 1. The van der Waals surface area contributed by atoms with Crippen LogP contribution in [0, 0.1) is 5.92 Å². The maximum Gasteiger partial charge on any atom is 0.323 e. The summed E-state index contributed by atoms with van der Waals surface area (Å²) in [6, 6.07) is 5.85. The molecule has 1 heterocycles. The number of carboxylic acid groups (broad SMARTS) is 1. The van der Waals surface area contributed by atoms with Crippen molar-refractivity contribution in [2.75, 3.05) is 0 Å². The van der Waals surface area contributed by atoms with Crippen LogP contribution >= 0.6 is 0 Å². The van der Waals surface area contributed by atoms with E-state index in [0.29, 0.717) is 19.3 Å². The zero-order valence-electron chi connectivity index (χ0n) is 14.0. The average molecular weight is 345 g/mol. The van der Waals surface area contributed by atoms with Crippen LogP contribution in [0.15, 0.2) is 23.0 Å². The monoisotopic (exact) mass is 345 g/mol. The van der Waals surface area contributed by atoms with Gasteiger partial charge in [0, 0.05) is 12.5 Å². The van der Waals surface area contributed by atoms with Crippen molar-refractivity contribution in [3.05, 3.63) is 34.2 Å². The van der Waals surface area contributed by atoms with E-state index in [2.05, 4.69) is 15.3 Å². The minimum Gasteiger partial charge on any atom is -0.481 e. The van der Waals surface area contributed by atoms with Gasteiger partial charge in [-0.15, -0.1) is 0 Å². The second-order valence-electron chi connectivity index (χ2n) is 6.77. The van der Waals surface area contributed by atoms with Gasteiger partial charge in [-0.25, -0.2) is 4.79 Å². The van der Waals surface area contributed by atoms with Crippen LogP contribution in [0.1, 0.15) is 44.1 Å². The van der Waals surface area contributed by atoms with Crippen molar-refractivity contribution in [1.82, 2.24) is 15.3 Å². The molecule has 2 aromatic rings. The molecule has 1 fully saturated rings. The molecule has 0 bridgehead atoms. The van der Waals surface area contributed by atoms with Gasteiger partial charge in [0.1, 0.15) is 0 Å². The topological polar surface area (TPSA) is 115 Å². The van der Waals surface area contributed by atoms with Crippen molar-refractivity contribution in [2.24, 2.45) is 5.92 Å². The number of benzene rings is 1. The van der Waals surface area contributed by atoms with Crippen LogP contribution in [0.2, 0.25) is 0 Å². The molecule has 3 rings (SSSR count). The number of aryl methyl sites for hydroxylation is 1. The Kier molecular flexibility index (Phi) is 5.21. The van der Waals surface area contributed by atoms with Crippen LogP contribution in [-0.4, -0.2) is 33.0 Å². The Balaban J connectivity index is 1.41. The van der Waals surface area contributed by atoms with E-state index in [1.54, 1.807) is 0 Å². The van der Waals surface area contributed by atoms with Crippen molar-refractivity contribution >= 4 is 22.9 Å². The number of imidazole rings is 1. The summed E-state index contributed by atoms with van der Waals surface area (Å²) in [5.41, 5.74) is 2.42. The Labute approximate surface area is 144 Å². The van der Waals surface area contributed by atoms with Gasteiger partial charge in [0.15, 0.2) is 0 Å². The average Bonchev–Trinajstić information content (AvgIpc) is 2.94. The number of carbonyl (C=O) groups excluding carboxylic acids is 1. The van der Waals surface area contributed by atoms with Gasteiger partial charge in [-0.05, 0) is 56.2 Å². The van der Waals surface area contributed by atoms with Gasteiger partial charge in [0.25, 0.3) is 0 Å². The van der Waals surface area contributed by atoms with E-state index < -0.39 is 5.97 Å². The summed E-state index contributed by atoms with van der Waals surface area (Å²) < 4.78 is 0. The second-order valence-corrected chi connectivity index (χ2v) is 6.77. The summed E-state index contributed by atoms with van der Waals surface area (Å²) in [6.45, 7) is 0. The highest BCUT2D eigenvalue weighted by Gasteiger charge is 2.26. The van der Waals surface area contributed by atoms with Gasteiger partial charge in [0.05, 0.1) is 17.0 Å². The van der Waals surface area contributed by atoms with Crippen LogP contribution in [-0.2, 0) is 16.0 Å². The summed E-state index contributed by atoms with van der Waals surface area (Å²) in [6.07, 6.45) is 4.68. The predicted octanol–water partition coefficient (Wildman–Crippen LogP) is 1.94. The molecule has 0 aliphatic heterocycles. The van der Waals surface area contributed by atoms with Crippen molar-refractivity contribution in [1.29, 1.82) is 0 Å². The van der Waals surface area contributed by atoms with E-state index in [9.17, 15) is 14.4 Å². The first kappa shape index (κ1) is 17.3. The third-order valence-electron chi connectivity index (χ3n) is 4.89. The van der Waals surface area contributed by atoms with E-state index in [-0.39, 0.29) is 23.6 Å². The number of H-pyrrole nitrogens is 2. The van der Waals surface area contributed by atoms with Crippen LogP contribution in [0.3, 0.4) is 0 Å². The van der Waals surface area contributed by atoms with Gasteiger partial charge < -0.3 is 20.4 Å². The molecule has 7 nitrogen and oxygen atoms in total. The Morgan fingerprint density at radius 1 is 1.12 bits per heavy atom. The van der Waals surface area contributed by atoms with Crippen molar-refractivity contribution in [3.8, 4) is 0 Å². The van der Waals surface area contributed by atoms with E-state index >= 15 is 0 Å². The molecule has 1 aliphatic carbocycles. The molecule has 4 N–H and O–H groups in total. The molecule has 1 aromatic carbocycles. The zero-order chi connectivity index (χ0) is 17.8. The lowest BCUT2D eigenvalue weighted by Crippen LogP contribution is -2.38. The van der Waals surface area contributed by atoms with E-state index in [1.165, 1.54) is 0 Å². The van der Waals surface area contributed by atoms with Crippen LogP contribution in [0.5, 0.6) is 0 Å². The number of carbonyl (C=O) groups is 2. The Morgan fingerprint density at radius 3 is 2.56 bits per heavy atom. The largest absolute Gasteiger partial charge is 0.481 e. The lowest BCUT2D eigenvalue weighted by atomic mass is 9.86. The molecule has 25 heavy (non-hydrogen) atoms. The molecule has 7 heteroatoms. The minimum absolute atomic E-state index is 0.0231. The normalized spacial score (nSPS) is 20.5. The quantitative estimate of drug-likeness (QED) is 0.640. The molecule has 1 aromatic heterocycles. The van der Waals surface area contributed by atoms with Crippen molar-refractivity contribution < 1.29 is 14.7 Å². The highest BCUT2D eigenvalue weighted by molar-refractivity contribution is 5.77. The third kappa shape index (κ3) is 4.49. The van der Waals surface area contributed by atoms with Crippen molar-refractivity contribution in [3.63, 3.8) is 0 Å². The number of fused-ring (bicyclic) bond motifs is 1. The van der Waals surface area contributed by atoms with Gasteiger partial charge in [0.2, 0.25) is 5.91 Å². The van der Waals surface area contributed by atoms with E-state index in [4.69, 9.17) is 5.11 Å². The summed E-state index contributed by atoms with van der Waals surface area (Å²) in [7, 11) is 0. The first-order valence-electron chi connectivity index (χ1n) is 8.74. The Hall–Kier alpha value is -2.57. The molecule has 1 aliphatic rings. The molecule has 1 saturated carbocycles. The maximum atomic E-state index is 12.1. The van der Waals surface area contributed by atoms with Crippen LogP contribution < -0.4 is 11.0 Å². The molecule has 0 radical (unpaired) electrons. The number of aliphatic carboxylic acids is 1. The number of rotatable bonds is 6. The summed E-state index contributed by atoms with van der Waals surface area (Å²) in [5.74, 6) is -0.969. The first-order chi connectivity index (χ1) is 12.0. The fourth-order valence-electron chi connectivity index (χ4n) is 3.47. The van der Waals surface area contributed by atoms with Crippen LogP contribution in [0.4, 0.5) is 0 Å². The first-order valence-corrected chi connectivity index (χ1v) is 8.74. The number of nitrogens with one attached hydrogen (secondary N) is 3. The fourth-order valence-corrected chi connectivity index (χ4v) is 3.47. The summed E-state index contributed by atoms with van der Waals surface area (Å²) in [4.78, 5) is 39.7. The highest BCUT2D eigenvalue weighted by atomic mass is 16.4. The lowest BCUT2D eigenvalue weighted by Gasteiger charge is -2.26. The molecule has 1 amide bonds. The van der Waals surface area contributed by atoms with Gasteiger partial charge >= 0.3 is 11.7 Å². The number of carboxylic acids is 1. The smallest absolute Gasteiger partial charge is 0.323 e.